The van der Waals surface area contributed by atoms with Gasteiger partial charge in [0.05, 0.1) is 0 Å². The van der Waals surface area contributed by atoms with E-state index < -0.39 is 0 Å². The monoisotopic (exact) mass is 454 g/mol. The Balaban J connectivity index is 1.22. The number of aromatic nitrogens is 2. The third-order valence-corrected chi connectivity index (χ3v) is 7.33. The highest BCUT2D eigenvalue weighted by Crippen LogP contribution is 2.32. The lowest BCUT2D eigenvalue weighted by Gasteiger charge is -2.10. The molecule has 2 aromatic heterocycles. The molecule has 0 aliphatic heterocycles. The SMILES string of the molecule is C=Cc1ccc2c(c1)c1ccccc1n2CCCCCn1c2ccccc2c2cc(C=C)ccc21. The summed E-state index contributed by atoms with van der Waals surface area (Å²) >= 11 is 0. The number of rotatable bonds is 8. The van der Waals surface area contributed by atoms with Crippen LogP contribution in [0.3, 0.4) is 0 Å². The molecule has 6 aromatic rings. The number of fused-ring (bicyclic) bond motifs is 6. The molecule has 0 amide bonds. The van der Waals surface area contributed by atoms with Crippen molar-refractivity contribution in [2.24, 2.45) is 0 Å². The maximum absolute atomic E-state index is 3.95. The van der Waals surface area contributed by atoms with E-state index in [2.05, 4.69) is 107 Å². The molecule has 0 aliphatic rings. The Bertz CT molecular complexity index is 1580. The molecule has 6 rings (SSSR count). The fourth-order valence-corrected chi connectivity index (χ4v) is 5.59. The van der Waals surface area contributed by atoms with Gasteiger partial charge in [-0.05, 0) is 66.8 Å². The molecule has 0 fully saturated rings. The van der Waals surface area contributed by atoms with Crippen molar-refractivity contribution >= 4 is 55.8 Å². The maximum Gasteiger partial charge on any atom is 0.0491 e. The van der Waals surface area contributed by atoms with E-state index in [0.717, 1.165) is 25.9 Å². The molecule has 0 unspecified atom stereocenters. The Morgan fingerprint density at radius 1 is 0.486 bits per heavy atom. The summed E-state index contributed by atoms with van der Waals surface area (Å²) in [5.74, 6) is 0. The lowest BCUT2D eigenvalue weighted by atomic mass is 10.1. The van der Waals surface area contributed by atoms with E-state index in [1.807, 2.05) is 12.2 Å². The second-order valence-electron chi connectivity index (χ2n) is 9.36. The number of benzene rings is 4. The summed E-state index contributed by atoms with van der Waals surface area (Å²) in [6.07, 6.45) is 7.37. The molecule has 0 atom stereocenters. The van der Waals surface area contributed by atoms with Crippen LogP contribution in [0.5, 0.6) is 0 Å². The molecule has 0 N–H and O–H groups in total. The minimum atomic E-state index is 1.04. The van der Waals surface area contributed by atoms with E-state index in [4.69, 9.17) is 0 Å². The molecule has 0 spiro atoms. The average Bonchev–Trinajstić information content (AvgIpc) is 3.40. The summed E-state index contributed by atoms with van der Waals surface area (Å²) in [5, 5.41) is 5.30. The summed E-state index contributed by atoms with van der Waals surface area (Å²) in [4.78, 5) is 0. The Labute approximate surface area is 206 Å². The van der Waals surface area contributed by atoms with Gasteiger partial charge < -0.3 is 9.13 Å². The molecule has 172 valence electrons. The van der Waals surface area contributed by atoms with Crippen molar-refractivity contribution in [1.29, 1.82) is 0 Å². The molecule has 2 heteroatoms. The molecular formula is C33H30N2. The van der Waals surface area contributed by atoms with Gasteiger partial charge in [-0.1, -0.05) is 73.8 Å². The molecule has 0 aliphatic carbocycles. The van der Waals surface area contributed by atoms with Crippen molar-refractivity contribution in [2.75, 3.05) is 0 Å². The lowest BCUT2D eigenvalue weighted by Crippen LogP contribution is -2.01. The minimum absolute atomic E-state index is 1.04. The van der Waals surface area contributed by atoms with Gasteiger partial charge in [0.1, 0.15) is 0 Å². The first-order valence-electron chi connectivity index (χ1n) is 12.6. The van der Waals surface area contributed by atoms with Crippen LogP contribution in [0.1, 0.15) is 30.4 Å². The lowest BCUT2D eigenvalue weighted by molar-refractivity contribution is 0.570. The van der Waals surface area contributed by atoms with Gasteiger partial charge in [-0.25, -0.2) is 0 Å². The first-order chi connectivity index (χ1) is 17.3. The predicted octanol–water partition coefficient (Wildman–Crippen LogP) is 9.06. The van der Waals surface area contributed by atoms with E-state index in [1.165, 1.54) is 61.2 Å². The van der Waals surface area contributed by atoms with Gasteiger partial charge in [0.15, 0.2) is 0 Å². The quantitative estimate of drug-likeness (QED) is 0.203. The molecule has 2 heterocycles. The number of nitrogens with zero attached hydrogens (tertiary/aromatic N) is 2. The van der Waals surface area contributed by atoms with Crippen molar-refractivity contribution in [3.8, 4) is 0 Å². The zero-order chi connectivity index (χ0) is 23.8. The van der Waals surface area contributed by atoms with E-state index >= 15 is 0 Å². The maximum atomic E-state index is 3.95. The highest BCUT2D eigenvalue weighted by molar-refractivity contribution is 6.09. The third-order valence-electron chi connectivity index (χ3n) is 7.33. The molecule has 35 heavy (non-hydrogen) atoms. The number of para-hydroxylation sites is 2. The van der Waals surface area contributed by atoms with Gasteiger partial charge >= 0.3 is 0 Å². The average molecular weight is 455 g/mol. The fraction of sp³-hybridized carbons (Fsp3) is 0.152. The van der Waals surface area contributed by atoms with Crippen LogP contribution in [-0.4, -0.2) is 9.13 Å². The van der Waals surface area contributed by atoms with Crippen LogP contribution in [0, 0.1) is 0 Å². The van der Waals surface area contributed by atoms with Crippen molar-refractivity contribution in [2.45, 2.75) is 32.4 Å². The van der Waals surface area contributed by atoms with E-state index in [0.29, 0.717) is 0 Å². The van der Waals surface area contributed by atoms with E-state index in [-0.39, 0.29) is 0 Å². The van der Waals surface area contributed by atoms with Gasteiger partial charge in [0.2, 0.25) is 0 Å². The topological polar surface area (TPSA) is 9.86 Å². The van der Waals surface area contributed by atoms with Crippen molar-refractivity contribution in [1.82, 2.24) is 9.13 Å². The van der Waals surface area contributed by atoms with Crippen molar-refractivity contribution in [3.63, 3.8) is 0 Å². The van der Waals surface area contributed by atoms with Crippen LogP contribution in [0.2, 0.25) is 0 Å². The van der Waals surface area contributed by atoms with Gasteiger partial charge in [-0.2, -0.15) is 0 Å². The van der Waals surface area contributed by atoms with Gasteiger partial charge in [-0.15, -0.1) is 0 Å². The van der Waals surface area contributed by atoms with Crippen molar-refractivity contribution in [3.05, 3.63) is 109 Å². The second-order valence-corrected chi connectivity index (χ2v) is 9.36. The molecule has 0 saturated heterocycles. The molecular weight excluding hydrogens is 424 g/mol. The second kappa shape index (κ2) is 8.96. The third kappa shape index (κ3) is 3.66. The molecule has 0 saturated carbocycles. The van der Waals surface area contributed by atoms with Gasteiger partial charge in [-0.3, -0.25) is 0 Å². The van der Waals surface area contributed by atoms with E-state index in [1.54, 1.807) is 0 Å². The first kappa shape index (κ1) is 21.5. The van der Waals surface area contributed by atoms with Crippen LogP contribution < -0.4 is 0 Å². The molecule has 4 aromatic carbocycles. The number of hydrogen-bond acceptors (Lipinski definition) is 0. The van der Waals surface area contributed by atoms with Crippen LogP contribution >= 0.6 is 0 Å². The Hall–Kier alpha value is -4.04. The summed E-state index contributed by atoms with van der Waals surface area (Å²) < 4.78 is 4.99. The Morgan fingerprint density at radius 2 is 0.914 bits per heavy atom. The molecule has 0 bridgehead atoms. The standard InChI is InChI=1S/C33H30N2/c1-3-24-16-18-32-28(22-24)26-12-6-8-14-30(26)34(32)20-10-5-11-21-35-31-15-9-7-13-27(31)29-23-25(4-2)17-19-33(29)35/h3-4,6-9,12-19,22-23H,1-2,5,10-11,20-21H2. The van der Waals surface area contributed by atoms with Crippen LogP contribution in [-0.2, 0) is 13.1 Å². The molecule has 2 nitrogen and oxygen atoms in total. The summed E-state index contributed by atoms with van der Waals surface area (Å²) in [5.41, 5.74) is 7.63. The fourth-order valence-electron chi connectivity index (χ4n) is 5.59. The highest BCUT2D eigenvalue weighted by Gasteiger charge is 2.12. The molecule has 0 radical (unpaired) electrons. The predicted molar refractivity (Wildman–Crippen MR) is 153 cm³/mol. The van der Waals surface area contributed by atoms with Crippen LogP contribution in [0.15, 0.2) is 98.1 Å². The zero-order valence-corrected chi connectivity index (χ0v) is 20.1. The Morgan fingerprint density at radius 3 is 1.37 bits per heavy atom. The smallest absolute Gasteiger partial charge is 0.0491 e. The van der Waals surface area contributed by atoms with Crippen LogP contribution in [0.25, 0.3) is 55.8 Å². The first-order valence-corrected chi connectivity index (χ1v) is 12.6. The van der Waals surface area contributed by atoms with Crippen LogP contribution in [0.4, 0.5) is 0 Å². The zero-order valence-electron chi connectivity index (χ0n) is 20.1. The minimum Gasteiger partial charge on any atom is -0.340 e. The Kier molecular flexibility index (Phi) is 5.50. The summed E-state index contributed by atoms with van der Waals surface area (Å²) in [6, 6.07) is 30.9. The van der Waals surface area contributed by atoms with Gasteiger partial charge in [0.25, 0.3) is 0 Å². The largest absolute Gasteiger partial charge is 0.340 e. The normalized spacial score (nSPS) is 11.7. The number of aryl methyl sites for hydroxylation is 2. The number of hydrogen-bond donors (Lipinski definition) is 0. The number of unbranched alkanes of at least 4 members (excludes halogenated alkanes) is 2. The summed E-state index contributed by atoms with van der Waals surface area (Å²) in [6.45, 7) is 9.97. The van der Waals surface area contributed by atoms with E-state index in [9.17, 15) is 0 Å². The summed E-state index contributed by atoms with van der Waals surface area (Å²) in [7, 11) is 0. The highest BCUT2D eigenvalue weighted by atomic mass is 15.0. The van der Waals surface area contributed by atoms with Crippen molar-refractivity contribution < 1.29 is 0 Å². The van der Waals surface area contributed by atoms with Gasteiger partial charge in [0, 0.05) is 56.7 Å².